The van der Waals surface area contributed by atoms with Crippen molar-refractivity contribution in [2.24, 2.45) is 5.92 Å². The van der Waals surface area contributed by atoms with Gasteiger partial charge in [0.1, 0.15) is 0 Å². The Morgan fingerprint density at radius 2 is 1.63 bits per heavy atom. The zero-order chi connectivity index (χ0) is 21.7. The van der Waals surface area contributed by atoms with E-state index in [-0.39, 0.29) is 22.8 Å². The Kier molecular flexibility index (Phi) is 7.28. The van der Waals surface area contributed by atoms with E-state index in [9.17, 15) is 13.2 Å². The minimum Gasteiger partial charge on any atom is -0.379 e. The Hall–Kier alpha value is -2.22. The van der Waals surface area contributed by atoms with Gasteiger partial charge >= 0.3 is 0 Å². The summed E-state index contributed by atoms with van der Waals surface area (Å²) in [5, 5.41) is 3.09. The van der Waals surface area contributed by atoms with E-state index in [0.29, 0.717) is 31.9 Å². The molecule has 1 heterocycles. The normalized spacial score (nSPS) is 16.4. The Balaban J connectivity index is 1.74. The summed E-state index contributed by atoms with van der Waals surface area (Å²) in [6, 6.07) is 14.3. The number of sulfonamides is 1. The number of carbonyl (C=O) groups excluding carboxylic acids is 1. The van der Waals surface area contributed by atoms with Crippen LogP contribution in [0.2, 0.25) is 0 Å². The molecule has 0 spiro atoms. The van der Waals surface area contributed by atoms with Crippen molar-refractivity contribution in [3.63, 3.8) is 0 Å². The van der Waals surface area contributed by atoms with Gasteiger partial charge in [0.2, 0.25) is 10.0 Å². The number of rotatable bonds is 7. The van der Waals surface area contributed by atoms with Gasteiger partial charge in [-0.1, -0.05) is 45.0 Å². The van der Waals surface area contributed by atoms with Crippen LogP contribution in [0.25, 0.3) is 0 Å². The molecule has 1 aliphatic heterocycles. The summed E-state index contributed by atoms with van der Waals surface area (Å²) in [4.78, 5) is 13.0. The molecule has 3 rings (SSSR count). The minimum absolute atomic E-state index is 0.125. The second-order valence-electron chi connectivity index (χ2n) is 7.83. The molecule has 1 atom stereocenters. The van der Waals surface area contributed by atoms with E-state index in [1.807, 2.05) is 0 Å². The van der Waals surface area contributed by atoms with Crippen LogP contribution in [0, 0.1) is 5.92 Å². The molecule has 0 unspecified atom stereocenters. The van der Waals surface area contributed by atoms with Crippen LogP contribution in [-0.4, -0.2) is 44.9 Å². The van der Waals surface area contributed by atoms with Gasteiger partial charge in [0, 0.05) is 18.7 Å². The van der Waals surface area contributed by atoms with Crippen molar-refractivity contribution in [3.8, 4) is 0 Å². The van der Waals surface area contributed by atoms with Crippen molar-refractivity contribution >= 4 is 15.9 Å². The Morgan fingerprint density at radius 1 is 1.03 bits per heavy atom. The first-order chi connectivity index (χ1) is 14.3. The van der Waals surface area contributed by atoms with Gasteiger partial charge in [0.15, 0.2) is 0 Å². The van der Waals surface area contributed by atoms with Crippen molar-refractivity contribution in [1.82, 2.24) is 9.62 Å². The molecule has 2 aromatic rings. The highest BCUT2D eigenvalue weighted by Crippen LogP contribution is 2.23. The fraction of sp³-hybridized carbons (Fsp3) is 0.435. The van der Waals surface area contributed by atoms with Crippen molar-refractivity contribution < 1.29 is 17.9 Å². The van der Waals surface area contributed by atoms with Crippen LogP contribution in [0.15, 0.2) is 53.4 Å². The number of ether oxygens (including phenoxy) is 1. The molecule has 30 heavy (non-hydrogen) atoms. The summed E-state index contributed by atoms with van der Waals surface area (Å²) >= 11 is 0. The van der Waals surface area contributed by atoms with Crippen LogP contribution in [0.4, 0.5) is 0 Å². The van der Waals surface area contributed by atoms with Gasteiger partial charge in [-0.3, -0.25) is 4.79 Å². The number of morpholine rings is 1. The summed E-state index contributed by atoms with van der Waals surface area (Å²) in [6.45, 7) is 7.73. The maximum Gasteiger partial charge on any atom is 0.251 e. The zero-order valence-electron chi connectivity index (χ0n) is 17.8. The standard InChI is InChI=1S/C23H30N2O4S/c1-4-18-5-7-19(8-6-18)22(17(2)3)24-23(26)20-9-11-21(12-10-20)30(27,28)25-13-15-29-16-14-25/h5-12,17,22H,4,13-16H2,1-3H3,(H,24,26)/t22-/m0/s1. The Morgan fingerprint density at radius 3 is 2.17 bits per heavy atom. The monoisotopic (exact) mass is 430 g/mol. The van der Waals surface area contributed by atoms with Crippen molar-refractivity contribution in [3.05, 3.63) is 65.2 Å². The molecule has 0 radical (unpaired) electrons. The lowest BCUT2D eigenvalue weighted by atomic mass is 9.94. The molecule has 1 saturated heterocycles. The molecule has 0 saturated carbocycles. The molecule has 1 N–H and O–H groups in total. The lowest BCUT2D eigenvalue weighted by molar-refractivity contribution is 0.0730. The molecular weight excluding hydrogens is 400 g/mol. The highest BCUT2D eigenvalue weighted by Gasteiger charge is 2.26. The number of carbonyl (C=O) groups is 1. The third-order valence-corrected chi connectivity index (χ3v) is 7.34. The fourth-order valence-corrected chi connectivity index (χ4v) is 4.94. The van der Waals surface area contributed by atoms with Gasteiger partial charge in [0.25, 0.3) is 5.91 Å². The third-order valence-electron chi connectivity index (χ3n) is 5.42. The van der Waals surface area contributed by atoms with E-state index in [2.05, 4.69) is 50.4 Å². The van der Waals surface area contributed by atoms with Gasteiger partial charge < -0.3 is 10.1 Å². The first-order valence-corrected chi connectivity index (χ1v) is 11.8. The second kappa shape index (κ2) is 9.73. The number of benzene rings is 2. The molecule has 162 valence electrons. The van der Waals surface area contributed by atoms with E-state index < -0.39 is 10.0 Å². The summed E-state index contributed by atoms with van der Waals surface area (Å²) < 4.78 is 32.1. The number of nitrogens with zero attached hydrogens (tertiary/aromatic N) is 1. The smallest absolute Gasteiger partial charge is 0.251 e. The van der Waals surface area contributed by atoms with E-state index in [1.54, 1.807) is 12.1 Å². The predicted molar refractivity (Wildman–Crippen MR) is 117 cm³/mol. The number of aryl methyl sites for hydroxylation is 1. The highest BCUT2D eigenvalue weighted by atomic mass is 32.2. The largest absolute Gasteiger partial charge is 0.379 e. The highest BCUT2D eigenvalue weighted by molar-refractivity contribution is 7.89. The zero-order valence-corrected chi connectivity index (χ0v) is 18.6. The van der Waals surface area contributed by atoms with Crippen LogP contribution in [0.1, 0.15) is 48.3 Å². The van der Waals surface area contributed by atoms with Gasteiger partial charge in [-0.25, -0.2) is 8.42 Å². The summed E-state index contributed by atoms with van der Waals surface area (Å²) in [7, 11) is -3.57. The molecule has 0 aliphatic carbocycles. The van der Waals surface area contributed by atoms with E-state index >= 15 is 0 Å². The summed E-state index contributed by atoms with van der Waals surface area (Å²) in [6.07, 6.45) is 0.971. The second-order valence-corrected chi connectivity index (χ2v) is 9.77. The van der Waals surface area contributed by atoms with Crippen molar-refractivity contribution in [2.45, 2.75) is 38.1 Å². The molecule has 2 aromatic carbocycles. The number of hydrogen-bond acceptors (Lipinski definition) is 4. The van der Waals surface area contributed by atoms with Gasteiger partial charge in [0.05, 0.1) is 24.2 Å². The maximum absolute atomic E-state index is 12.8. The van der Waals surface area contributed by atoms with Gasteiger partial charge in [-0.15, -0.1) is 0 Å². The fourth-order valence-electron chi connectivity index (χ4n) is 3.53. The summed E-state index contributed by atoms with van der Waals surface area (Å²) in [5.41, 5.74) is 2.75. The molecular formula is C23H30N2O4S. The summed E-state index contributed by atoms with van der Waals surface area (Å²) in [5.74, 6) is -0.00835. The topological polar surface area (TPSA) is 75.7 Å². The van der Waals surface area contributed by atoms with E-state index in [1.165, 1.54) is 22.0 Å². The van der Waals surface area contributed by atoms with Crippen molar-refractivity contribution in [1.29, 1.82) is 0 Å². The number of nitrogens with one attached hydrogen (secondary N) is 1. The van der Waals surface area contributed by atoms with Crippen molar-refractivity contribution in [2.75, 3.05) is 26.3 Å². The van der Waals surface area contributed by atoms with E-state index in [0.717, 1.165) is 12.0 Å². The SMILES string of the molecule is CCc1ccc([C@@H](NC(=O)c2ccc(S(=O)(=O)N3CCOCC3)cc2)C(C)C)cc1. The first kappa shape index (κ1) is 22.5. The quantitative estimate of drug-likeness (QED) is 0.731. The average molecular weight is 431 g/mol. The Labute approximate surface area is 179 Å². The van der Waals surface area contributed by atoms with Gasteiger partial charge in [-0.2, -0.15) is 4.31 Å². The average Bonchev–Trinajstić information content (AvgIpc) is 2.78. The number of hydrogen-bond donors (Lipinski definition) is 1. The molecule has 1 amide bonds. The minimum atomic E-state index is -3.57. The van der Waals surface area contributed by atoms with Crippen LogP contribution in [-0.2, 0) is 21.2 Å². The molecule has 6 nitrogen and oxygen atoms in total. The third kappa shape index (κ3) is 5.09. The molecule has 1 fully saturated rings. The van der Waals surface area contributed by atoms with Crippen LogP contribution in [0.5, 0.6) is 0 Å². The Bertz CT molecular complexity index is 948. The molecule has 0 bridgehead atoms. The first-order valence-electron chi connectivity index (χ1n) is 10.4. The predicted octanol–water partition coefficient (Wildman–Crippen LogP) is 3.40. The van der Waals surface area contributed by atoms with Crippen LogP contribution < -0.4 is 5.32 Å². The van der Waals surface area contributed by atoms with Gasteiger partial charge in [-0.05, 0) is 47.7 Å². The molecule has 7 heteroatoms. The van der Waals surface area contributed by atoms with Crippen LogP contribution in [0.3, 0.4) is 0 Å². The maximum atomic E-state index is 12.8. The van der Waals surface area contributed by atoms with Crippen LogP contribution >= 0.6 is 0 Å². The molecule has 0 aromatic heterocycles. The number of amides is 1. The lowest BCUT2D eigenvalue weighted by Crippen LogP contribution is -2.40. The van der Waals surface area contributed by atoms with E-state index in [4.69, 9.17) is 4.74 Å². The lowest BCUT2D eigenvalue weighted by Gasteiger charge is -2.26. The molecule has 1 aliphatic rings.